The maximum absolute atomic E-state index is 13.4. The third-order valence-corrected chi connectivity index (χ3v) is 3.01. The zero-order chi connectivity index (χ0) is 20.2. The molecule has 11 heteroatoms. The number of carbonyl (C=O) groups excluding carboxylic acids is 1. The Balaban J connectivity index is 2.22. The zero-order valence-electron chi connectivity index (χ0n) is 14.5. The van der Waals surface area contributed by atoms with Gasteiger partial charge in [0, 0.05) is 7.11 Å². The summed E-state index contributed by atoms with van der Waals surface area (Å²) in [5.41, 5.74) is 0. The normalized spacial score (nSPS) is 11.0. The molecule has 0 aliphatic carbocycles. The second-order valence-corrected chi connectivity index (χ2v) is 4.95. The van der Waals surface area contributed by atoms with Gasteiger partial charge in [-0.3, -0.25) is 4.79 Å². The number of benzene rings is 1. The van der Waals surface area contributed by atoms with Crippen molar-refractivity contribution in [1.29, 1.82) is 0 Å². The molecule has 0 aliphatic heterocycles. The summed E-state index contributed by atoms with van der Waals surface area (Å²) in [5.74, 6) is -14.0. The molecule has 1 aromatic carbocycles. The summed E-state index contributed by atoms with van der Waals surface area (Å²) in [7, 11) is 1.55. The van der Waals surface area contributed by atoms with Crippen LogP contribution < -0.4 is 4.74 Å². The molecule has 6 nitrogen and oxygen atoms in total. The number of carbonyl (C=O) groups is 1. The van der Waals surface area contributed by atoms with Gasteiger partial charge in [0.15, 0.2) is 0 Å². The van der Waals surface area contributed by atoms with Crippen molar-refractivity contribution in [1.82, 2.24) is 0 Å². The fourth-order valence-electron chi connectivity index (χ4n) is 1.68. The van der Waals surface area contributed by atoms with Gasteiger partial charge >= 0.3 is 5.97 Å². The first-order chi connectivity index (χ1) is 12.9. The molecule has 0 fully saturated rings. The molecular weight excluding hydrogens is 383 g/mol. The van der Waals surface area contributed by atoms with E-state index in [4.69, 9.17) is 18.9 Å². The van der Waals surface area contributed by atoms with Crippen molar-refractivity contribution < 1.29 is 50.4 Å². The number of esters is 1. The minimum Gasteiger partial charge on any atom is -0.420 e. The van der Waals surface area contributed by atoms with Gasteiger partial charge in [-0.1, -0.05) is 0 Å². The van der Waals surface area contributed by atoms with Crippen LogP contribution in [0.3, 0.4) is 0 Å². The van der Waals surface area contributed by atoms with Crippen molar-refractivity contribution in [3.63, 3.8) is 0 Å². The maximum Gasteiger partial charge on any atom is 0.313 e. The van der Waals surface area contributed by atoms with Crippen LogP contribution in [-0.4, -0.2) is 59.3 Å². The standard InChI is InChI=1S/C16H19F5O6/c1-23-4-5-25-8-9-26-7-6-24-3-2-10(22)27-16-14(20)12(18)11(17)13(19)15(16)21/h2-9H2,1H3. The van der Waals surface area contributed by atoms with E-state index in [1.807, 2.05) is 0 Å². The van der Waals surface area contributed by atoms with Crippen LogP contribution in [0.15, 0.2) is 0 Å². The fraction of sp³-hybridized carbons (Fsp3) is 0.562. The molecule has 0 N–H and O–H groups in total. The van der Waals surface area contributed by atoms with Crippen LogP contribution in [-0.2, 0) is 23.7 Å². The van der Waals surface area contributed by atoms with E-state index in [1.54, 1.807) is 7.11 Å². The number of rotatable bonds is 13. The minimum absolute atomic E-state index is 0.119. The lowest BCUT2D eigenvalue weighted by atomic mass is 10.2. The fourth-order valence-corrected chi connectivity index (χ4v) is 1.68. The van der Waals surface area contributed by atoms with Crippen molar-refractivity contribution in [2.45, 2.75) is 6.42 Å². The number of hydrogen-bond donors (Lipinski definition) is 0. The first-order valence-electron chi connectivity index (χ1n) is 7.84. The summed E-state index contributed by atoms with van der Waals surface area (Å²) in [6, 6.07) is 0. The molecule has 1 aromatic rings. The van der Waals surface area contributed by atoms with E-state index in [0.717, 1.165) is 0 Å². The second kappa shape index (κ2) is 12.5. The molecule has 0 saturated carbocycles. The smallest absolute Gasteiger partial charge is 0.313 e. The van der Waals surface area contributed by atoms with Crippen LogP contribution in [0, 0.1) is 29.1 Å². The summed E-state index contributed by atoms with van der Waals surface area (Å²) in [4.78, 5) is 11.5. The van der Waals surface area contributed by atoms with Gasteiger partial charge in [-0.2, -0.15) is 8.78 Å². The van der Waals surface area contributed by atoms with E-state index in [2.05, 4.69) is 4.74 Å². The molecule has 0 atom stereocenters. The summed E-state index contributed by atoms with van der Waals surface area (Å²) in [5, 5.41) is 0. The molecule has 0 bridgehead atoms. The van der Waals surface area contributed by atoms with E-state index >= 15 is 0 Å². The van der Waals surface area contributed by atoms with E-state index < -0.39 is 47.2 Å². The number of halogens is 5. The predicted octanol–water partition coefficient (Wildman–Crippen LogP) is 2.37. The lowest BCUT2D eigenvalue weighted by Gasteiger charge is -2.09. The first-order valence-corrected chi connectivity index (χ1v) is 7.84. The highest BCUT2D eigenvalue weighted by Gasteiger charge is 2.28. The van der Waals surface area contributed by atoms with Crippen molar-refractivity contribution >= 4 is 5.97 Å². The Morgan fingerprint density at radius 3 is 1.56 bits per heavy atom. The van der Waals surface area contributed by atoms with Crippen molar-refractivity contribution in [3.8, 4) is 5.75 Å². The van der Waals surface area contributed by atoms with Crippen LogP contribution >= 0.6 is 0 Å². The largest absolute Gasteiger partial charge is 0.420 e. The molecule has 154 valence electrons. The van der Waals surface area contributed by atoms with Gasteiger partial charge in [-0.15, -0.1) is 0 Å². The molecule has 0 saturated heterocycles. The van der Waals surface area contributed by atoms with E-state index in [-0.39, 0.29) is 19.8 Å². The van der Waals surface area contributed by atoms with Crippen LogP contribution in [0.2, 0.25) is 0 Å². The Morgan fingerprint density at radius 1 is 0.667 bits per heavy atom. The summed E-state index contributed by atoms with van der Waals surface area (Å²) in [6.07, 6.45) is -0.459. The number of methoxy groups -OCH3 is 1. The molecule has 27 heavy (non-hydrogen) atoms. The Labute approximate surface area is 152 Å². The Hall–Kier alpha value is -1.82. The highest BCUT2D eigenvalue weighted by atomic mass is 19.2. The van der Waals surface area contributed by atoms with Gasteiger partial charge in [0.2, 0.25) is 34.8 Å². The maximum atomic E-state index is 13.4. The predicted molar refractivity (Wildman–Crippen MR) is 80.8 cm³/mol. The van der Waals surface area contributed by atoms with Gasteiger partial charge in [0.05, 0.1) is 52.7 Å². The van der Waals surface area contributed by atoms with Gasteiger partial charge in [0.25, 0.3) is 0 Å². The lowest BCUT2D eigenvalue weighted by molar-refractivity contribution is -0.136. The Kier molecular flexibility index (Phi) is 10.8. The molecule has 0 radical (unpaired) electrons. The molecule has 0 aromatic heterocycles. The summed E-state index contributed by atoms with van der Waals surface area (Å²) >= 11 is 0. The first kappa shape index (κ1) is 23.2. The molecular formula is C16H19F5O6. The van der Waals surface area contributed by atoms with E-state index in [9.17, 15) is 26.7 Å². The van der Waals surface area contributed by atoms with Crippen molar-refractivity contribution in [3.05, 3.63) is 29.1 Å². The molecule has 0 aliphatic rings. The SMILES string of the molecule is COCCOCCOCCOCCC(=O)Oc1c(F)c(F)c(F)c(F)c1F. The third kappa shape index (κ3) is 7.75. The number of hydrogen-bond acceptors (Lipinski definition) is 6. The molecule has 1 rings (SSSR count). The van der Waals surface area contributed by atoms with E-state index in [0.29, 0.717) is 26.4 Å². The molecule has 0 amide bonds. The monoisotopic (exact) mass is 402 g/mol. The topological polar surface area (TPSA) is 63.2 Å². The highest BCUT2D eigenvalue weighted by Crippen LogP contribution is 2.29. The molecule has 0 heterocycles. The van der Waals surface area contributed by atoms with Crippen LogP contribution in [0.25, 0.3) is 0 Å². The van der Waals surface area contributed by atoms with Gasteiger partial charge in [-0.25, -0.2) is 13.2 Å². The average molecular weight is 402 g/mol. The Bertz CT molecular complexity index is 584. The highest BCUT2D eigenvalue weighted by molar-refractivity contribution is 5.72. The van der Waals surface area contributed by atoms with E-state index in [1.165, 1.54) is 0 Å². The molecule has 0 unspecified atom stereocenters. The second-order valence-electron chi connectivity index (χ2n) is 4.95. The van der Waals surface area contributed by atoms with Gasteiger partial charge in [-0.05, 0) is 0 Å². The van der Waals surface area contributed by atoms with Crippen LogP contribution in [0.1, 0.15) is 6.42 Å². The lowest BCUT2D eigenvalue weighted by Crippen LogP contribution is -2.16. The van der Waals surface area contributed by atoms with Gasteiger partial charge in [0.1, 0.15) is 0 Å². The quantitative estimate of drug-likeness (QED) is 0.126. The van der Waals surface area contributed by atoms with Crippen molar-refractivity contribution in [2.24, 2.45) is 0 Å². The molecule has 0 spiro atoms. The average Bonchev–Trinajstić information content (AvgIpc) is 2.66. The minimum atomic E-state index is -2.34. The summed E-state index contributed by atoms with van der Waals surface area (Å²) in [6.45, 7) is 1.76. The number of ether oxygens (including phenoxy) is 5. The summed E-state index contributed by atoms with van der Waals surface area (Å²) < 4.78 is 89.9. The van der Waals surface area contributed by atoms with Crippen LogP contribution in [0.4, 0.5) is 22.0 Å². The Morgan fingerprint density at radius 2 is 1.07 bits per heavy atom. The van der Waals surface area contributed by atoms with Gasteiger partial charge < -0.3 is 23.7 Å². The third-order valence-electron chi connectivity index (χ3n) is 3.01. The van der Waals surface area contributed by atoms with Crippen molar-refractivity contribution in [2.75, 3.05) is 53.4 Å². The zero-order valence-corrected chi connectivity index (χ0v) is 14.5. The van der Waals surface area contributed by atoms with Crippen LogP contribution in [0.5, 0.6) is 5.75 Å².